The normalized spacial score (nSPS) is 10.2. The van der Waals surface area contributed by atoms with Gasteiger partial charge in [-0.2, -0.15) is 0 Å². The van der Waals surface area contributed by atoms with Gasteiger partial charge >= 0.3 is 0 Å². The first-order chi connectivity index (χ1) is 8.60. The maximum absolute atomic E-state index is 13.4. The van der Waals surface area contributed by atoms with E-state index in [2.05, 4.69) is 15.7 Å². The van der Waals surface area contributed by atoms with E-state index in [0.29, 0.717) is 23.6 Å². The van der Waals surface area contributed by atoms with Crippen LogP contribution in [-0.4, -0.2) is 4.98 Å². The molecule has 2 aromatic rings. The molecule has 94 valence electrons. The van der Waals surface area contributed by atoms with Gasteiger partial charge in [0.15, 0.2) is 11.6 Å². The SMILES string of the molecule is NNc1cc(Nc2c(F)cc(F)cc2F)ccn1. The number of aromatic nitrogens is 1. The van der Waals surface area contributed by atoms with E-state index in [4.69, 9.17) is 5.84 Å². The van der Waals surface area contributed by atoms with Crippen LogP contribution in [-0.2, 0) is 0 Å². The lowest BCUT2D eigenvalue weighted by Gasteiger charge is -2.09. The lowest BCUT2D eigenvalue weighted by Crippen LogP contribution is -2.08. The van der Waals surface area contributed by atoms with Crippen LogP contribution in [0.4, 0.5) is 30.4 Å². The fourth-order valence-corrected chi connectivity index (χ4v) is 1.39. The standard InChI is InChI=1S/C11H9F3N4/c12-6-3-8(13)11(9(14)4-6)17-7-1-2-16-10(5-7)18-15/h1-5H,15H2,(H2,16,17,18). The van der Waals surface area contributed by atoms with Crippen LogP contribution in [0.15, 0.2) is 30.5 Å². The summed E-state index contributed by atoms with van der Waals surface area (Å²) in [5.41, 5.74) is 2.22. The summed E-state index contributed by atoms with van der Waals surface area (Å²) in [5.74, 6) is 2.46. The van der Waals surface area contributed by atoms with Crippen LogP contribution < -0.4 is 16.6 Å². The molecule has 0 saturated heterocycles. The molecule has 0 aliphatic heterocycles. The summed E-state index contributed by atoms with van der Waals surface area (Å²) in [5, 5.41) is 2.49. The molecule has 18 heavy (non-hydrogen) atoms. The van der Waals surface area contributed by atoms with Crippen molar-refractivity contribution >= 4 is 17.2 Å². The number of rotatable bonds is 3. The summed E-state index contributed by atoms with van der Waals surface area (Å²) >= 11 is 0. The molecule has 4 nitrogen and oxygen atoms in total. The number of benzene rings is 1. The van der Waals surface area contributed by atoms with Crippen molar-refractivity contribution in [3.05, 3.63) is 47.9 Å². The molecule has 0 aliphatic carbocycles. The molecule has 4 N–H and O–H groups in total. The highest BCUT2D eigenvalue weighted by Gasteiger charge is 2.11. The average molecular weight is 254 g/mol. The number of hydrogen-bond donors (Lipinski definition) is 3. The zero-order chi connectivity index (χ0) is 13.1. The van der Waals surface area contributed by atoms with E-state index in [-0.39, 0.29) is 0 Å². The lowest BCUT2D eigenvalue weighted by molar-refractivity contribution is 0.549. The molecular formula is C11H9F3N4. The van der Waals surface area contributed by atoms with Gasteiger partial charge in [0, 0.05) is 30.1 Å². The fourth-order valence-electron chi connectivity index (χ4n) is 1.39. The predicted octanol–water partition coefficient (Wildman–Crippen LogP) is 2.53. The number of nitrogens with zero attached hydrogens (tertiary/aromatic N) is 1. The van der Waals surface area contributed by atoms with E-state index in [1.807, 2.05) is 0 Å². The van der Waals surface area contributed by atoms with Gasteiger partial charge in [-0.25, -0.2) is 24.0 Å². The first kappa shape index (κ1) is 12.2. The molecule has 1 heterocycles. The minimum atomic E-state index is -1.02. The number of nitrogens with one attached hydrogen (secondary N) is 2. The smallest absolute Gasteiger partial charge is 0.152 e. The van der Waals surface area contributed by atoms with Crippen LogP contribution in [0.1, 0.15) is 0 Å². The monoisotopic (exact) mass is 254 g/mol. The van der Waals surface area contributed by atoms with Crippen molar-refractivity contribution in [1.29, 1.82) is 0 Å². The molecule has 0 amide bonds. The molecule has 1 aromatic heterocycles. The van der Waals surface area contributed by atoms with E-state index in [9.17, 15) is 13.2 Å². The summed E-state index contributed by atoms with van der Waals surface area (Å²) in [7, 11) is 0. The maximum Gasteiger partial charge on any atom is 0.152 e. The largest absolute Gasteiger partial charge is 0.351 e. The molecule has 1 aromatic carbocycles. The second-order valence-electron chi connectivity index (χ2n) is 3.44. The number of halogens is 3. The van der Waals surface area contributed by atoms with Gasteiger partial charge in [-0.3, -0.25) is 0 Å². The number of nitrogen functional groups attached to an aromatic ring is 1. The van der Waals surface area contributed by atoms with Crippen LogP contribution in [0, 0.1) is 17.5 Å². The minimum absolute atomic E-state index is 0.322. The highest BCUT2D eigenvalue weighted by Crippen LogP contribution is 2.24. The summed E-state index contributed by atoms with van der Waals surface area (Å²) in [6, 6.07) is 4.12. The van der Waals surface area contributed by atoms with Gasteiger partial charge in [-0.1, -0.05) is 0 Å². The van der Waals surface area contributed by atoms with Gasteiger partial charge in [-0.15, -0.1) is 0 Å². The second-order valence-corrected chi connectivity index (χ2v) is 3.44. The Morgan fingerprint density at radius 2 is 1.72 bits per heavy atom. The minimum Gasteiger partial charge on any atom is -0.351 e. The molecule has 0 unspecified atom stereocenters. The van der Waals surface area contributed by atoms with E-state index in [1.54, 1.807) is 0 Å². The zero-order valence-electron chi connectivity index (χ0n) is 9.05. The predicted molar refractivity (Wildman–Crippen MR) is 61.6 cm³/mol. The number of anilines is 3. The maximum atomic E-state index is 13.4. The number of nitrogens with two attached hydrogens (primary N) is 1. The molecule has 0 bridgehead atoms. The quantitative estimate of drug-likeness (QED) is 0.581. The van der Waals surface area contributed by atoms with Crippen LogP contribution in [0.2, 0.25) is 0 Å². The van der Waals surface area contributed by atoms with Crippen molar-refractivity contribution < 1.29 is 13.2 Å². The number of pyridine rings is 1. The molecule has 7 heteroatoms. The summed E-state index contributed by atoms with van der Waals surface area (Å²) in [4.78, 5) is 3.83. The summed E-state index contributed by atoms with van der Waals surface area (Å²) < 4.78 is 39.5. The van der Waals surface area contributed by atoms with Crippen molar-refractivity contribution in [2.75, 3.05) is 10.7 Å². The molecule has 0 fully saturated rings. The van der Waals surface area contributed by atoms with E-state index in [0.717, 1.165) is 0 Å². The molecule has 2 rings (SSSR count). The average Bonchev–Trinajstić information content (AvgIpc) is 2.34. The molecule has 0 radical (unpaired) electrons. The Hall–Kier alpha value is -2.28. The third-order valence-electron chi connectivity index (χ3n) is 2.18. The Balaban J connectivity index is 2.33. The van der Waals surface area contributed by atoms with E-state index < -0.39 is 23.1 Å². The highest BCUT2D eigenvalue weighted by atomic mass is 19.1. The molecule has 0 atom stereocenters. The Morgan fingerprint density at radius 3 is 2.33 bits per heavy atom. The number of hydrogen-bond acceptors (Lipinski definition) is 4. The van der Waals surface area contributed by atoms with Crippen molar-refractivity contribution in [3.8, 4) is 0 Å². The Morgan fingerprint density at radius 1 is 1.06 bits per heavy atom. The third kappa shape index (κ3) is 2.51. The van der Waals surface area contributed by atoms with Crippen LogP contribution >= 0.6 is 0 Å². The second kappa shape index (κ2) is 4.92. The van der Waals surface area contributed by atoms with Gasteiger partial charge in [0.1, 0.15) is 17.3 Å². The van der Waals surface area contributed by atoms with Gasteiger partial charge in [-0.05, 0) is 6.07 Å². The molecule has 0 spiro atoms. The van der Waals surface area contributed by atoms with E-state index in [1.165, 1.54) is 18.3 Å². The van der Waals surface area contributed by atoms with Crippen molar-refractivity contribution in [2.24, 2.45) is 5.84 Å². The van der Waals surface area contributed by atoms with Crippen molar-refractivity contribution in [3.63, 3.8) is 0 Å². The van der Waals surface area contributed by atoms with Gasteiger partial charge in [0.25, 0.3) is 0 Å². The zero-order valence-corrected chi connectivity index (χ0v) is 9.05. The Kier molecular flexibility index (Phi) is 3.33. The van der Waals surface area contributed by atoms with E-state index >= 15 is 0 Å². The van der Waals surface area contributed by atoms with Gasteiger partial charge in [0.05, 0.1) is 0 Å². The molecular weight excluding hydrogens is 245 g/mol. The van der Waals surface area contributed by atoms with Gasteiger partial charge in [0.2, 0.25) is 0 Å². The fraction of sp³-hybridized carbons (Fsp3) is 0. The highest BCUT2D eigenvalue weighted by molar-refractivity contribution is 5.63. The third-order valence-corrected chi connectivity index (χ3v) is 2.18. The summed E-state index contributed by atoms with van der Waals surface area (Å²) in [6.07, 6.45) is 1.40. The summed E-state index contributed by atoms with van der Waals surface area (Å²) in [6.45, 7) is 0. The number of hydrazine groups is 1. The van der Waals surface area contributed by atoms with Crippen LogP contribution in [0.25, 0.3) is 0 Å². The van der Waals surface area contributed by atoms with Crippen molar-refractivity contribution in [2.45, 2.75) is 0 Å². The van der Waals surface area contributed by atoms with Crippen LogP contribution in [0.3, 0.4) is 0 Å². The molecule has 0 saturated carbocycles. The first-order valence-corrected chi connectivity index (χ1v) is 4.94. The lowest BCUT2D eigenvalue weighted by atomic mass is 10.2. The molecule has 0 aliphatic rings. The van der Waals surface area contributed by atoms with Crippen molar-refractivity contribution in [1.82, 2.24) is 4.98 Å². The van der Waals surface area contributed by atoms with Crippen LogP contribution in [0.5, 0.6) is 0 Å². The first-order valence-electron chi connectivity index (χ1n) is 4.94. The topological polar surface area (TPSA) is 63.0 Å². The Bertz CT molecular complexity index is 551. The Labute approximate surface area is 101 Å². The van der Waals surface area contributed by atoms with Gasteiger partial charge < -0.3 is 10.7 Å².